The summed E-state index contributed by atoms with van der Waals surface area (Å²) in [5, 5.41) is 4.14. The minimum atomic E-state index is -0.243. The molecule has 86 valence electrons. The summed E-state index contributed by atoms with van der Waals surface area (Å²) in [5.74, 6) is 5.62. The van der Waals surface area contributed by atoms with Crippen LogP contribution in [0.4, 0.5) is 9.80 Å². The zero-order chi connectivity index (χ0) is 11.5. The number of anilines is 1. The standard InChI is InChI=1S/C7H9N5O2S2/c8-9-6-4(10-11-16-6)3-12-5(13)1-2-15-7(12)14/h9H,1-3,8H2. The molecule has 9 heteroatoms. The molecule has 0 atom stereocenters. The Morgan fingerprint density at radius 3 is 3.00 bits per heavy atom. The fourth-order valence-corrected chi connectivity index (χ4v) is 2.52. The van der Waals surface area contributed by atoms with Crippen molar-refractivity contribution in [3.8, 4) is 0 Å². The van der Waals surface area contributed by atoms with Crippen molar-refractivity contribution in [1.29, 1.82) is 0 Å². The minimum Gasteiger partial charge on any atom is -0.313 e. The molecule has 0 saturated carbocycles. The van der Waals surface area contributed by atoms with Crippen molar-refractivity contribution in [2.24, 2.45) is 5.84 Å². The van der Waals surface area contributed by atoms with Crippen molar-refractivity contribution in [1.82, 2.24) is 14.5 Å². The molecule has 0 unspecified atom stereocenters. The molecule has 1 aliphatic heterocycles. The summed E-state index contributed by atoms with van der Waals surface area (Å²) in [6.45, 7) is 0.126. The number of carbonyl (C=O) groups is 2. The molecule has 0 radical (unpaired) electrons. The van der Waals surface area contributed by atoms with Gasteiger partial charge in [-0.25, -0.2) is 5.84 Å². The van der Waals surface area contributed by atoms with Crippen LogP contribution in [0.5, 0.6) is 0 Å². The molecule has 0 aromatic carbocycles. The quantitative estimate of drug-likeness (QED) is 0.598. The predicted molar refractivity (Wildman–Crippen MR) is 60.7 cm³/mol. The van der Waals surface area contributed by atoms with E-state index in [2.05, 4.69) is 15.0 Å². The molecule has 2 heterocycles. The Hall–Kier alpha value is -1.19. The third-order valence-corrected chi connectivity index (χ3v) is 3.63. The van der Waals surface area contributed by atoms with Crippen LogP contribution in [-0.2, 0) is 11.3 Å². The number of rotatable bonds is 3. The first-order valence-electron chi connectivity index (χ1n) is 4.47. The second-order valence-corrected chi connectivity index (χ2v) is 4.84. The van der Waals surface area contributed by atoms with Gasteiger partial charge in [-0.3, -0.25) is 14.5 Å². The van der Waals surface area contributed by atoms with E-state index in [1.54, 1.807) is 0 Å². The highest BCUT2D eigenvalue weighted by atomic mass is 32.2. The van der Waals surface area contributed by atoms with Crippen molar-refractivity contribution in [2.45, 2.75) is 13.0 Å². The monoisotopic (exact) mass is 259 g/mol. The second-order valence-electron chi connectivity index (χ2n) is 3.04. The van der Waals surface area contributed by atoms with Crippen molar-refractivity contribution in [3.63, 3.8) is 0 Å². The van der Waals surface area contributed by atoms with E-state index in [1.165, 1.54) is 4.90 Å². The number of hydrazine groups is 1. The zero-order valence-corrected chi connectivity index (χ0v) is 9.81. The number of nitrogens with zero attached hydrogens (tertiary/aromatic N) is 3. The molecule has 16 heavy (non-hydrogen) atoms. The van der Waals surface area contributed by atoms with Crippen molar-refractivity contribution >= 4 is 39.4 Å². The van der Waals surface area contributed by atoms with Gasteiger partial charge in [-0.05, 0) is 0 Å². The molecular formula is C7H9N5O2S2. The van der Waals surface area contributed by atoms with Crippen molar-refractivity contribution < 1.29 is 9.59 Å². The number of hydrogen-bond donors (Lipinski definition) is 2. The van der Waals surface area contributed by atoms with Crippen LogP contribution < -0.4 is 11.3 Å². The third kappa shape index (κ3) is 2.15. The summed E-state index contributed by atoms with van der Waals surface area (Å²) >= 11 is 2.22. The van der Waals surface area contributed by atoms with Crippen LogP contribution in [0.3, 0.4) is 0 Å². The number of nitrogens with one attached hydrogen (secondary N) is 1. The molecule has 0 aliphatic carbocycles. The molecule has 1 saturated heterocycles. The summed E-state index contributed by atoms with van der Waals surface area (Å²) in [7, 11) is 0. The average molecular weight is 259 g/mol. The molecule has 1 aromatic rings. The van der Waals surface area contributed by atoms with E-state index in [9.17, 15) is 9.59 Å². The number of thioether (sulfide) groups is 1. The maximum absolute atomic E-state index is 11.5. The molecule has 2 rings (SSSR count). The topological polar surface area (TPSA) is 101 Å². The average Bonchev–Trinajstić information content (AvgIpc) is 2.71. The number of imide groups is 1. The van der Waals surface area contributed by atoms with Crippen LogP contribution in [0.2, 0.25) is 0 Å². The summed E-state index contributed by atoms with van der Waals surface area (Å²) in [4.78, 5) is 24.2. The lowest BCUT2D eigenvalue weighted by Crippen LogP contribution is -2.37. The number of carbonyl (C=O) groups excluding carboxylic acids is 2. The molecule has 1 aliphatic rings. The first-order valence-corrected chi connectivity index (χ1v) is 6.23. The number of nitrogen functional groups attached to an aromatic ring is 1. The van der Waals surface area contributed by atoms with E-state index in [4.69, 9.17) is 5.84 Å². The van der Waals surface area contributed by atoms with Crippen LogP contribution in [0.15, 0.2) is 0 Å². The fourth-order valence-electron chi connectivity index (χ4n) is 1.26. The highest BCUT2D eigenvalue weighted by Gasteiger charge is 2.28. The predicted octanol–water partition coefficient (Wildman–Crippen LogP) is 0.409. The summed E-state index contributed by atoms with van der Waals surface area (Å²) < 4.78 is 3.70. The normalized spacial score (nSPS) is 16.7. The van der Waals surface area contributed by atoms with Crippen LogP contribution in [0.25, 0.3) is 0 Å². The number of hydrogen-bond acceptors (Lipinski definition) is 8. The maximum Gasteiger partial charge on any atom is 0.288 e. The number of amides is 2. The lowest BCUT2D eigenvalue weighted by molar-refractivity contribution is -0.128. The first-order chi connectivity index (χ1) is 7.72. The second kappa shape index (κ2) is 4.76. The van der Waals surface area contributed by atoms with Gasteiger partial charge in [-0.2, -0.15) is 0 Å². The lowest BCUT2D eigenvalue weighted by Gasteiger charge is -2.23. The molecule has 1 aromatic heterocycles. The molecule has 1 fully saturated rings. The van der Waals surface area contributed by atoms with Gasteiger partial charge in [0.25, 0.3) is 5.24 Å². The highest BCUT2D eigenvalue weighted by molar-refractivity contribution is 8.13. The van der Waals surface area contributed by atoms with Gasteiger partial charge in [0.2, 0.25) is 5.91 Å². The van der Waals surface area contributed by atoms with Gasteiger partial charge in [0.1, 0.15) is 10.7 Å². The van der Waals surface area contributed by atoms with E-state index in [-0.39, 0.29) is 17.7 Å². The molecular weight excluding hydrogens is 250 g/mol. The van der Waals surface area contributed by atoms with E-state index in [0.717, 1.165) is 23.3 Å². The third-order valence-electron chi connectivity index (χ3n) is 2.06. The van der Waals surface area contributed by atoms with Crippen LogP contribution in [0, 0.1) is 0 Å². The Balaban J connectivity index is 2.13. The molecule has 2 amide bonds. The fraction of sp³-hybridized carbons (Fsp3) is 0.429. The lowest BCUT2D eigenvalue weighted by atomic mass is 10.3. The Kier molecular flexibility index (Phi) is 3.36. The van der Waals surface area contributed by atoms with Crippen molar-refractivity contribution in [3.05, 3.63) is 5.69 Å². The molecule has 0 bridgehead atoms. The van der Waals surface area contributed by atoms with Crippen LogP contribution in [0.1, 0.15) is 12.1 Å². The SMILES string of the molecule is NNc1snnc1CN1C(=O)CCSC1=O. The smallest absolute Gasteiger partial charge is 0.288 e. The van der Waals surface area contributed by atoms with Gasteiger partial charge in [0.15, 0.2) is 0 Å². The van der Waals surface area contributed by atoms with Gasteiger partial charge in [0.05, 0.1) is 6.54 Å². The Morgan fingerprint density at radius 1 is 1.50 bits per heavy atom. The largest absolute Gasteiger partial charge is 0.313 e. The zero-order valence-electron chi connectivity index (χ0n) is 8.17. The molecule has 7 nitrogen and oxygen atoms in total. The molecule has 0 spiro atoms. The Labute approximate surface area is 99.5 Å². The van der Waals surface area contributed by atoms with E-state index in [1.807, 2.05) is 0 Å². The van der Waals surface area contributed by atoms with Gasteiger partial charge in [0, 0.05) is 23.7 Å². The van der Waals surface area contributed by atoms with E-state index < -0.39 is 0 Å². The van der Waals surface area contributed by atoms with Crippen molar-refractivity contribution in [2.75, 3.05) is 11.2 Å². The highest BCUT2D eigenvalue weighted by Crippen LogP contribution is 2.23. The molecule has 3 N–H and O–H groups in total. The van der Waals surface area contributed by atoms with Gasteiger partial charge in [-0.15, -0.1) is 5.10 Å². The van der Waals surface area contributed by atoms with Gasteiger partial charge < -0.3 is 5.43 Å². The first kappa shape index (κ1) is 11.3. The van der Waals surface area contributed by atoms with Crippen LogP contribution in [-0.4, -0.2) is 31.4 Å². The minimum absolute atomic E-state index is 0.126. The maximum atomic E-state index is 11.5. The van der Waals surface area contributed by atoms with Crippen LogP contribution >= 0.6 is 23.3 Å². The summed E-state index contributed by atoms with van der Waals surface area (Å²) in [6.07, 6.45) is 0.374. The Bertz CT molecular complexity index is 405. The van der Waals surface area contributed by atoms with E-state index >= 15 is 0 Å². The number of aromatic nitrogens is 2. The number of nitrogens with two attached hydrogens (primary N) is 1. The van der Waals surface area contributed by atoms with E-state index in [0.29, 0.717) is 22.9 Å². The Morgan fingerprint density at radius 2 is 2.31 bits per heavy atom. The summed E-state index contributed by atoms with van der Waals surface area (Å²) in [6, 6.07) is 0. The van der Waals surface area contributed by atoms with Gasteiger partial charge in [-0.1, -0.05) is 16.3 Å². The van der Waals surface area contributed by atoms with Gasteiger partial charge >= 0.3 is 0 Å². The summed E-state index contributed by atoms with van der Waals surface area (Å²) in [5.41, 5.74) is 2.94.